The zero-order valence-corrected chi connectivity index (χ0v) is 20.2. The van der Waals surface area contributed by atoms with Gasteiger partial charge in [0.2, 0.25) is 11.7 Å². The first-order chi connectivity index (χ1) is 16.7. The summed E-state index contributed by atoms with van der Waals surface area (Å²) in [7, 11) is 1.65. The first kappa shape index (κ1) is 23.7. The number of rotatable bonds is 6. The molecule has 1 aliphatic heterocycles. The van der Waals surface area contributed by atoms with Crippen molar-refractivity contribution in [2.24, 2.45) is 0 Å². The number of methoxy groups -OCH3 is 1. The van der Waals surface area contributed by atoms with Gasteiger partial charge in [-0.3, -0.25) is 4.79 Å². The Morgan fingerprint density at radius 1 is 1.21 bits per heavy atom. The Kier molecular flexibility index (Phi) is 7.42. The summed E-state index contributed by atoms with van der Waals surface area (Å²) in [4.78, 5) is 20.0. The summed E-state index contributed by atoms with van der Waals surface area (Å²) < 4.78 is 12.7. The molecule has 0 amide bonds. The highest BCUT2D eigenvalue weighted by Crippen LogP contribution is 2.31. The van der Waals surface area contributed by atoms with Crippen molar-refractivity contribution in [1.29, 1.82) is 0 Å². The zero-order valence-electron chi connectivity index (χ0n) is 20.2. The second-order valence-electron chi connectivity index (χ2n) is 8.09. The molecular formula is C25H32N6O3. The van der Waals surface area contributed by atoms with Crippen LogP contribution in [0.2, 0.25) is 0 Å². The largest absolute Gasteiger partial charge is 0.497 e. The minimum atomic E-state index is -0.152. The van der Waals surface area contributed by atoms with E-state index in [1.807, 2.05) is 42.6 Å². The first-order valence-corrected chi connectivity index (χ1v) is 12.0. The number of piperidine rings is 1. The van der Waals surface area contributed by atoms with Gasteiger partial charge in [-0.2, -0.15) is 10.1 Å². The van der Waals surface area contributed by atoms with Gasteiger partial charge in [0.05, 0.1) is 30.5 Å². The Labute approximate surface area is 198 Å². The van der Waals surface area contributed by atoms with Gasteiger partial charge in [-0.1, -0.05) is 38.1 Å². The summed E-state index contributed by atoms with van der Waals surface area (Å²) in [6.07, 6.45) is 4.44. The van der Waals surface area contributed by atoms with Gasteiger partial charge in [-0.15, -0.1) is 0 Å². The summed E-state index contributed by atoms with van der Waals surface area (Å²) >= 11 is 0. The van der Waals surface area contributed by atoms with Crippen LogP contribution in [0.15, 0.2) is 45.8 Å². The van der Waals surface area contributed by atoms with Gasteiger partial charge in [0, 0.05) is 12.0 Å². The number of aromatic nitrogens is 5. The van der Waals surface area contributed by atoms with Crippen molar-refractivity contribution >= 4 is 5.65 Å². The SMILES string of the molecule is CC.CCC(c1ccc(OC)cc1)c1nc(-c2cnn3c(C4CCNCC4)cc(=O)[nH]c23)no1. The van der Waals surface area contributed by atoms with E-state index < -0.39 is 0 Å². The van der Waals surface area contributed by atoms with E-state index in [-0.39, 0.29) is 17.4 Å². The van der Waals surface area contributed by atoms with Gasteiger partial charge in [0.1, 0.15) is 11.4 Å². The molecule has 3 aromatic heterocycles. The van der Waals surface area contributed by atoms with Crippen LogP contribution in [-0.4, -0.2) is 44.9 Å². The molecule has 34 heavy (non-hydrogen) atoms. The number of H-pyrrole nitrogens is 1. The molecule has 180 valence electrons. The Morgan fingerprint density at radius 2 is 1.94 bits per heavy atom. The van der Waals surface area contributed by atoms with Gasteiger partial charge < -0.3 is 19.6 Å². The van der Waals surface area contributed by atoms with Crippen molar-refractivity contribution in [3.05, 3.63) is 64.0 Å². The molecule has 1 unspecified atom stereocenters. The Morgan fingerprint density at radius 3 is 2.62 bits per heavy atom. The molecule has 4 aromatic rings. The van der Waals surface area contributed by atoms with Gasteiger partial charge in [-0.25, -0.2) is 4.52 Å². The van der Waals surface area contributed by atoms with E-state index in [1.54, 1.807) is 19.4 Å². The quantitative estimate of drug-likeness (QED) is 0.442. The fourth-order valence-corrected chi connectivity index (χ4v) is 4.46. The molecular weight excluding hydrogens is 432 g/mol. The normalized spacial score (nSPS) is 15.1. The molecule has 9 heteroatoms. The van der Waals surface area contributed by atoms with Crippen molar-refractivity contribution in [2.75, 3.05) is 20.2 Å². The van der Waals surface area contributed by atoms with Crippen LogP contribution in [0.1, 0.15) is 69.0 Å². The third kappa shape index (κ3) is 4.61. The minimum Gasteiger partial charge on any atom is -0.497 e. The molecule has 9 nitrogen and oxygen atoms in total. The second-order valence-corrected chi connectivity index (χ2v) is 8.09. The fourth-order valence-electron chi connectivity index (χ4n) is 4.46. The lowest BCUT2D eigenvalue weighted by atomic mass is 9.94. The molecule has 1 aliphatic rings. The zero-order chi connectivity index (χ0) is 24.1. The van der Waals surface area contributed by atoms with Crippen molar-refractivity contribution in [1.82, 2.24) is 30.1 Å². The van der Waals surface area contributed by atoms with Crippen LogP contribution in [-0.2, 0) is 0 Å². The van der Waals surface area contributed by atoms with Crippen LogP contribution in [0, 0.1) is 0 Å². The fraction of sp³-hybridized carbons (Fsp3) is 0.440. The highest BCUT2D eigenvalue weighted by molar-refractivity contribution is 5.71. The average Bonchev–Trinajstić information content (AvgIpc) is 3.53. The Balaban J connectivity index is 0.00000133. The van der Waals surface area contributed by atoms with Crippen LogP contribution in [0.4, 0.5) is 0 Å². The molecule has 4 heterocycles. The number of hydrogen-bond donors (Lipinski definition) is 2. The molecule has 0 bridgehead atoms. The first-order valence-electron chi connectivity index (χ1n) is 12.0. The summed E-state index contributed by atoms with van der Waals surface area (Å²) in [6.45, 7) is 7.95. The van der Waals surface area contributed by atoms with E-state index in [9.17, 15) is 4.79 Å². The highest BCUT2D eigenvalue weighted by atomic mass is 16.5. The molecule has 1 aromatic carbocycles. The number of benzene rings is 1. The molecule has 0 aliphatic carbocycles. The smallest absolute Gasteiger partial charge is 0.251 e. The monoisotopic (exact) mass is 464 g/mol. The van der Waals surface area contributed by atoms with E-state index >= 15 is 0 Å². The molecule has 0 saturated carbocycles. The van der Waals surface area contributed by atoms with Crippen molar-refractivity contribution in [2.45, 2.75) is 51.9 Å². The maximum atomic E-state index is 12.4. The highest BCUT2D eigenvalue weighted by Gasteiger charge is 2.24. The Bertz CT molecular complexity index is 1270. The summed E-state index contributed by atoms with van der Waals surface area (Å²) in [5.41, 5.74) is 3.09. The molecule has 5 rings (SSSR count). The van der Waals surface area contributed by atoms with Crippen molar-refractivity contribution in [3.8, 4) is 17.1 Å². The lowest BCUT2D eigenvalue weighted by molar-refractivity contribution is 0.363. The van der Waals surface area contributed by atoms with E-state index in [1.165, 1.54) is 0 Å². The van der Waals surface area contributed by atoms with Gasteiger partial charge in [-0.05, 0) is 50.0 Å². The standard InChI is InChI=1S/C23H26N6O3.C2H6/c1-3-17(14-4-6-16(31-2)7-5-14)23-27-21(28-32-23)18-13-25-29-19(12-20(30)26-22(18)29)15-8-10-24-11-9-15;1-2/h4-7,12-13,15,17,24H,3,8-11H2,1-2H3,(H,26,30);1-2H3. The lowest BCUT2D eigenvalue weighted by Crippen LogP contribution is -2.28. The number of fused-ring (bicyclic) bond motifs is 1. The molecule has 2 N–H and O–H groups in total. The number of nitrogens with zero attached hydrogens (tertiary/aromatic N) is 4. The van der Waals surface area contributed by atoms with Gasteiger partial charge in [0.25, 0.3) is 5.56 Å². The maximum absolute atomic E-state index is 12.4. The Hall–Kier alpha value is -3.46. The van der Waals surface area contributed by atoms with Crippen LogP contribution in [0.5, 0.6) is 5.75 Å². The third-order valence-corrected chi connectivity index (χ3v) is 6.20. The minimum absolute atomic E-state index is 0.0339. The van der Waals surface area contributed by atoms with E-state index in [2.05, 4.69) is 32.5 Å². The number of ether oxygens (including phenoxy) is 1. The number of hydrogen-bond acceptors (Lipinski definition) is 7. The summed E-state index contributed by atoms with van der Waals surface area (Å²) in [5, 5.41) is 12.1. The van der Waals surface area contributed by atoms with E-state index in [0.717, 1.165) is 49.4 Å². The lowest BCUT2D eigenvalue weighted by Gasteiger charge is -2.23. The van der Waals surface area contributed by atoms with Crippen molar-refractivity contribution in [3.63, 3.8) is 0 Å². The molecule has 0 spiro atoms. The number of aromatic amines is 1. The molecule has 1 fully saturated rings. The van der Waals surface area contributed by atoms with Crippen LogP contribution >= 0.6 is 0 Å². The average molecular weight is 465 g/mol. The molecule has 1 saturated heterocycles. The molecule has 1 atom stereocenters. The van der Waals surface area contributed by atoms with Crippen LogP contribution in [0.3, 0.4) is 0 Å². The van der Waals surface area contributed by atoms with E-state index in [0.29, 0.717) is 22.9 Å². The van der Waals surface area contributed by atoms with E-state index in [4.69, 9.17) is 9.26 Å². The van der Waals surface area contributed by atoms with Crippen molar-refractivity contribution < 1.29 is 9.26 Å². The number of nitrogens with one attached hydrogen (secondary N) is 2. The van der Waals surface area contributed by atoms with Gasteiger partial charge >= 0.3 is 0 Å². The molecule has 0 radical (unpaired) electrons. The second kappa shape index (κ2) is 10.6. The van der Waals surface area contributed by atoms with Crippen LogP contribution in [0.25, 0.3) is 17.0 Å². The maximum Gasteiger partial charge on any atom is 0.251 e. The van der Waals surface area contributed by atoms with Crippen LogP contribution < -0.4 is 15.6 Å². The van der Waals surface area contributed by atoms with Gasteiger partial charge in [0.15, 0.2) is 0 Å². The third-order valence-electron chi connectivity index (χ3n) is 6.20. The summed E-state index contributed by atoms with van der Waals surface area (Å²) in [5.74, 6) is 2.00. The predicted molar refractivity (Wildman–Crippen MR) is 130 cm³/mol. The topological polar surface area (TPSA) is 110 Å². The summed E-state index contributed by atoms with van der Waals surface area (Å²) in [6, 6.07) is 9.52. The predicted octanol–water partition coefficient (Wildman–Crippen LogP) is 4.12.